The summed E-state index contributed by atoms with van der Waals surface area (Å²) in [6.45, 7) is 2.42. The molecule has 3 aliphatic carbocycles. The number of rotatable bonds is 3. The van der Waals surface area contributed by atoms with Crippen molar-refractivity contribution in [2.45, 2.75) is 19.4 Å². The first-order valence-corrected chi connectivity index (χ1v) is 9.45. The van der Waals surface area contributed by atoms with E-state index >= 15 is 0 Å². The molecule has 6 rings (SSSR count). The maximum Gasteiger partial charge on any atom is 0.244 e. The van der Waals surface area contributed by atoms with Gasteiger partial charge in [0.1, 0.15) is 0 Å². The third-order valence-corrected chi connectivity index (χ3v) is 6.35. The van der Waals surface area contributed by atoms with E-state index < -0.39 is 5.41 Å². The van der Waals surface area contributed by atoms with Gasteiger partial charge in [0, 0.05) is 11.8 Å². The minimum absolute atomic E-state index is 0.0124. The molecule has 0 N–H and O–H groups in total. The molecule has 0 saturated carbocycles. The Morgan fingerprint density at radius 3 is 2.30 bits per heavy atom. The van der Waals surface area contributed by atoms with Crippen LogP contribution in [0.4, 0.5) is 0 Å². The average molecular weight is 355 g/mol. The number of likely N-dealkylation sites (tertiary alicyclic amines) is 1. The lowest BCUT2D eigenvalue weighted by Crippen LogP contribution is -2.44. The zero-order valence-electron chi connectivity index (χ0n) is 15.2. The molecule has 2 aromatic carbocycles. The maximum absolute atomic E-state index is 13.5. The lowest BCUT2D eigenvalue weighted by Gasteiger charge is -2.45. The standard InChI is InChI=1S/C24H21NO2/c1-16-14-24-13-12-19(16)20(18-10-6-3-7-11-18)21(24)22(26)25(23(24)27)15-17-8-4-2-5-9-17/h2-14,19-21H,15H2,1H3/t19-,20+,21+,24-/m0/s1. The van der Waals surface area contributed by atoms with Crippen molar-refractivity contribution < 1.29 is 9.59 Å². The van der Waals surface area contributed by atoms with E-state index in [0.29, 0.717) is 6.54 Å². The minimum atomic E-state index is -0.828. The van der Waals surface area contributed by atoms with Gasteiger partial charge in [0.05, 0.1) is 17.9 Å². The van der Waals surface area contributed by atoms with Crippen LogP contribution >= 0.6 is 0 Å². The minimum Gasteiger partial charge on any atom is -0.277 e. The van der Waals surface area contributed by atoms with Crippen molar-refractivity contribution in [2.75, 3.05) is 0 Å². The molecule has 1 saturated heterocycles. The number of allylic oxidation sites excluding steroid dienone is 2. The topological polar surface area (TPSA) is 37.4 Å². The average Bonchev–Trinajstić information content (AvgIpc) is 2.91. The molecule has 4 aliphatic rings. The second-order valence-corrected chi connectivity index (χ2v) is 7.84. The molecule has 1 heterocycles. The summed E-state index contributed by atoms with van der Waals surface area (Å²) in [5, 5.41) is 0. The molecule has 1 aliphatic heterocycles. The molecule has 2 bridgehead atoms. The summed E-state index contributed by atoms with van der Waals surface area (Å²) in [4.78, 5) is 28.4. The van der Waals surface area contributed by atoms with Crippen molar-refractivity contribution in [1.82, 2.24) is 4.90 Å². The van der Waals surface area contributed by atoms with Gasteiger partial charge in [-0.05, 0) is 18.1 Å². The Kier molecular flexibility index (Phi) is 3.48. The SMILES string of the molecule is CC1=C[C@@]23C=C[C@@H]1[C@@H](c1ccccc1)[C@@H]2C(=O)N(Cc1ccccc1)C3=O. The molecule has 4 atom stereocenters. The van der Waals surface area contributed by atoms with Crippen LogP contribution in [-0.4, -0.2) is 16.7 Å². The van der Waals surface area contributed by atoms with E-state index in [9.17, 15) is 9.59 Å². The number of benzene rings is 2. The zero-order chi connectivity index (χ0) is 18.6. The van der Waals surface area contributed by atoms with E-state index in [1.54, 1.807) is 0 Å². The van der Waals surface area contributed by atoms with Gasteiger partial charge in [-0.25, -0.2) is 0 Å². The second-order valence-electron chi connectivity index (χ2n) is 7.84. The highest BCUT2D eigenvalue weighted by Crippen LogP contribution is 2.59. The van der Waals surface area contributed by atoms with Crippen molar-refractivity contribution in [3.05, 3.63) is 95.6 Å². The van der Waals surface area contributed by atoms with Crippen molar-refractivity contribution in [2.24, 2.45) is 17.3 Å². The van der Waals surface area contributed by atoms with E-state index in [1.165, 1.54) is 10.5 Å². The van der Waals surface area contributed by atoms with Gasteiger partial charge in [-0.1, -0.05) is 84.5 Å². The highest BCUT2D eigenvalue weighted by atomic mass is 16.2. The highest BCUT2D eigenvalue weighted by molar-refractivity contribution is 6.10. The van der Waals surface area contributed by atoms with Crippen LogP contribution in [0.3, 0.4) is 0 Å². The van der Waals surface area contributed by atoms with Gasteiger partial charge in [-0.2, -0.15) is 0 Å². The third kappa shape index (κ3) is 2.21. The molecule has 134 valence electrons. The molecular formula is C24H21NO2. The maximum atomic E-state index is 13.5. The number of carbonyl (C=O) groups excluding carboxylic acids is 2. The molecule has 27 heavy (non-hydrogen) atoms. The Hall–Kier alpha value is -2.94. The van der Waals surface area contributed by atoms with Gasteiger partial charge in [0.2, 0.25) is 11.8 Å². The summed E-state index contributed by atoms with van der Waals surface area (Å²) in [5.74, 6) is -0.298. The molecule has 1 spiro atoms. The fourth-order valence-corrected chi connectivity index (χ4v) is 5.15. The number of hydrogen-bond donors (Lipinski definition) is 0. The summed E-state index contributed by atoms with van der Waals surface area (Å²) in [6.07, 6.45) is 6.17. The molecule has 2 amide bonds. The predicted octanol–water partition coefficient (Wildman–Crippen LogP) is 4.09. The second kappa shape index (κ2) is 5.78. The summed E-state index contributed by atoms with van der Waals surface area (Å²) < 4.78 is 0. The van der Waals surface area contributed by atoms with Crippen LogP contribution < -0.4 is 0 Å². The number of imide groups is 1. The lowest BCUT2D eigenvalue weighted by molar-refractivity contribution is -0.141. The Morgan fingerprint density at radius 2 is 1.63 bits per heavy atom. The Bertz CT molecular complexity index is 976. The summed E-state index contributed by atoms with van der Waals surface area (Å²) in [6, 6.07) is 19.9. The van der Waals surface area contributed by atoms with Gasteiger partial charge in [-0.3, -0.25) is 14.5 Å². The largest absolute Gasteiger partial charge is 0.277 e. The molecule has 3 nitrogen and oxygen atoms in total. The van der Waals surface area contributed by atoms with Crippen LogP contribution in [0.5, 0.6) is 0 Å². The summed E-state index contributed by atoms with van der Waals surface area (Å²) in [5.41, 5.74) is 2.47. The smallest absolute Gasteiger partial charge is 0.244 e. The molecule has 0 aromatic heterocycles. The molecular weight excluding hydrogens is 334 g/mol. The van der Waals surface area contributed by atoms with Gasteiger partial charge >= 0.3 is 0 Å². The lowest BCUT2D eigenvalue weighted by atomic mass is 9.55. The van der Waals surface area contributed by atoms with Crippen LogP contribution in [0, 0.1) is 17.3 Å². The summed E-state index contributed by atoms with van der Waals surface area (Å²) >= 11 is 0. The van der Waals surface area contributed by atoms with Crippen LogP contribution in [0.25, 0.3) is 0 Å². The number of amides is 2. The molecule has 0 unspecified atom stereocenters. The van der Waals surface area contributed by atoms with Gasteiger partial charge in [-0.15, -0.1) is 0 Å². The van der Waals surface area contributed by atoms with E-state index in [4.69, 9.17) is 0 Å². The number of nitrogens with zero attached hydrogens (tertiary/aromatic N) is 1. The first kappa shape index (κ1) is 16.2. The molecule has 0 radical (unpaired) electrons. The monoisotopic (exact) mass is 355 g/mol. The summed E-state index contributed by atoms with van der Waals surface area (Å²) in [7, 11) is 0. The van der Waals surface area contributed by atoms with E-state index in [1.807, 2.05) is 60.7 Å². The van der Waals surface area contributed by atoms with E-state index in [-0.39, 0.29) is 29.6 Å². The Balaban J connectivity index is 1.61. The van der Waals surface area contributed by atoms with E-state index in [0.717, 1.165) is 11.1 Å². The first-order chi connectivity index (χ1) is 13.1. The van der Waals surface area contributed by atoms with Crippen molar-refractivity contribution in [3.63, 3.8) is 0 Å². The van der Waals surface area contributed by atoms with Gasteiger partial charge in [0.25, 0.3) is 0 Å². The fraction of sp³-hybridized carbons (Fsp3) is 0.250. The fourth-order valence-electron chi connectivity index (χ4n) is 5.15. The molecule has 3 heteroatoms. The van der Waals surface area contributed by atoms with Crippen LogP contribution in [0.1, 0.15) is 24.0 Å². The van der Waals surface area contributed by atoms with Crippen LogP contribution in [-0.2, 0) is 16.1 Å². The highest BCUT2D eigenvalue weighted by Gasteiger charge is 2.64. The first-order valence-electron chi connectivity index (χ1n) is 9.45. The van der Waals surface area contributed by atoms with Gasteiger partial charge in [0.15, 0.2) is 0 Å². The van der Waals surface area contributed by atoms with Crippen molar-refractivity contribution in [3.8, 4) is 0 Å². The predicted molar refractivity (Wildman–Crippen MR) is 103 cm³/mol. The molecule has 2 aromatic rings. The number of carbonyl (C=O) groups is 2. The molecule has 1 fully saturated rings. The van der Waals surface area contributed by atoms with Crippen molar-refractivity contribution >= 4 is 11.8 Å². The van der Waals surface area contributed by atoms with Crippen LogP contribution in [0.15, 0.2) is 84.5 Å². The zero-order valence-corrected chi connectivity index (χ0v) is 15.2. The van der Waals surface area contributed by atoms with Gasteiger partial charge < -0.3 is 0 Å². The Morgan fingerprint density at radius 1 is 0.963 bits per heavy atom. The van der Waals surface area contributed by atoms with Crippen LogP contribution in [0.2, 0.25) is 0 Å². The van der Waals surface area contributed by atoms with E-state index in [2.05, 4.69) is 25.1 Å². The quantitative estimate of drug-likeness (QED) is 0.614. The number of hydrogen-bond acceptors (Lipinski definition) is 2. The van der Waals surface area contributed by atoms with Crippen molar-refractivity contribution in [1.29, 1.82) is 0 Å². The third-order valence-electron chi connectivity index (χ3n) is 6.35. The normalized spacial score (nSPS) is 31.2. The Labute approximate surface area is 159 Å².